The minimum Gasteiger partial charge on any atom is -0.377 e. The molecule has 10 heavy (non-hydrogen) atoms. The van der Waals surface area contributed by atoms with Gasteiger partial charge in [-0.1, -0.05) is 13.2 Å². The van der Waals surface area contributed by atoms with Gasteiger partial charge < -0.3 is 8.37 Å². The van der Waals surface area contributed by atoms with Crippen molar-refractivity contribution in [3.05, 3.63) is 24.7 Å². The Morgan fingerprint density at radius 3 is 1.70 bits per heavy atom. The molecule has 0 saturated carbocycles. The molecule has 0 aliphatic rings. The van der Waals surface area contributed by atoms with Gasteiger partial charge in [0.15, 0.2) is 0 Å². The second kappa shape index (κ2) is 4.11. The van der Waals surface area contributed by atoms with Gasteiger partial charge in [-0.05, 0) is 13.8 Å². The molecule has 0 N–H and O–H groups in total. The summed E-state index contributed by atoms with van der Waals surface area (Å²) in [6.07, 6.45) is 0. The van der Waals surface area contributed by atoms with Crippen molar-refractivity contribution in [2.45, 2.75) is 13.8 Å². The first kappa shape index (κ1) is 9.23. The highest BCUT2D eigenvalue weighted by Gasteiger charge is 2.00. The van der Waals surface area contributed by atoms with Gasteiger partial charge in [-0.15, -0.1) is 0 Å². The van der Waals surface area contributed by atoms with Crippen LogP contribution in [0.5, 0.6) is 0 Å². The monoisotopic (exact) mass is 162 g/mol. The highest BCUT2D eigenvalue weighted by atomic mass is 32.2. The smallest absolute Gasteiger partial charge is 0.377 e. The SMILES string of the molecule is C=C(C)OS(=O)OC(=C)C. The van der Waals surface area contributed by atoms with Gasteiger partial charge in [0.2, 0.25) is 0 Å². The Morgan fingerprint density at radius 1 is 1.20 bits per heavy atom. The maximum Gasteiger partial charge on any atom is 0.416 e. The molecular weight excluding hydrogens is 152 g/mol. The van der Waals surface area contributed by atoms with E-state index in [-0.39, 0.29) is 0 Å². The number of hydrogen-bond acceptors (Lipinski definition) is 3. The number of allylic oxidation sites excluding steroid dienone is 2. The molecule has 4 heteroatoms. The van der Waals surface area contributed by atoms with E-state index in [9.17, 15) is 4.21 Å². The first-order valence-corrected chi connectivity index (χ1v) is 3.62. The van der Waals surface area contributed by atoms with E-state index in [1.165, 1.54) is 0 Å². The van der Waals surface area contributed by atoms with Crippen LogP contribution in [0.3, 0.4) is 0 Å². The van der Waals surface area contributed by atoms with E-state index in [0.717, 1.165) is 0 Å². The van der Waals surface area contributed by atoms with E-state index in [4.69, 9.17) is 0 Å². The third kappa shape index (κ3) is 5.37. The van der Waals surface area contributed by atoms with Crippen molar-refractivity contribution in [1.29, 1.82) is 0 Å². The molecule has 0 aromatic rings. The zero-order chi connectivity index (χ0) is 8.15. The maximum absolute atomic E-state index is 10.6. The molecule has 0 saturated heterocycles. The summed E-state index contributed by atoms with van der Waals surface area (Å²) in [7, 11) is 0. The largest absolute Gasteiger partial charge is 0.416 e. The molecule has 0 fully saturated rings. The molecule has 0 amide bonds. The standard InChI is InChI=1S/C6H10O3S/c1-5(2)8-10(7)9-6(3)4/h1,3H2,2,4H3. The molecule has 0 rings (SSSR count). The van der Waals surface area contributed by atoms with Gasteiger partial charge in [-0.25, -0.2) is 0 Å². The van der Waals surface area contributed by atoms with Crippen molar-refractivity contribution in [3.63, 3.8) is 0 Å². The van der Waals surface area contributed by atoms with Crippen LogP contribution in [-0.2, 0) is 19.7 Å². The molecule has 0 aromatic carbocycles. The molecule has 3 nitrogen and oxygen atoms in total. The van der Waals surface area contributed by atoms with Crippen LogP contribution in [0.25, 0.3) is 0 Å². The molecule has 0 aromatic heterocycles. The van der Waals surface area contributed by atoms with Gasteiger partial charge >= 0.3 is 11.4 Å². The zero-order valence-corrected chi connectivity index (χ0v) is 6.86. The first-order chi connectivity index (χ1) is 4.52. The molecule has 0 heterocycles. The summed E-state index contributed by atoms with van der Waals surface area (Å²) in [4.78, 5) is 0. The van der Waals surface area contributed by atoms with E-state index >= 15 is 0 Å². The molecule has 0 radical (unpaired) electrons. The fraction of sp³-hybridized carbons (Fsp3) is 0.333. The minimum absolute atomic E-state index is 0.347. The van der Waals surface area contributed by atoms with Crippen molar-refractivity contribution in [1.82, 2.24) is 0 Å². The molecule has 0 aliphatic carbocycles. The van der Waals surface area contributed by atoms with Gasteiger partial charge in [0.1, 0.15) is 11.5 Å². The summed E-state index contributed by atoms with van der Waals surface area (Å²) in [5.74, 6) is 0.694. The predicted molar refractivity (Wildman–Crippen MR) is 39.9 cm³/mol. The Bertz CT molecular complexity index is 156. The fourth-order valence-corrected chi connectivity index (χ4v) is 0.748. The lowest BCUT2D eigenvalue weighted by Gasteiger charge is -2.02. The summed E-state index contributed by atoms with van der Waals surface area (Å²) in [6, 6.07) is 0. The fourth-order valence-electron chi connectivity index (χ4n) is 0.249. The van der Waals surface area contributed by atoms with Crippen LogP contribution in [0.2, 0.25) is 0 Å². The van der Waals surface area contributed by atoms with Crippen LogP contribution in [0.4, 0.5) is 0 Å². The van der Waals surface area contributed by atoms with Crippen molar-refractivity contribution in [2.24, 2.45) is 0 Å². The molecule has 0 spiro atoms. The maximum atomic E-state index is 10.6. The Labute approximate surface area is 63.2 Å². The van der Waals surface area contributed by atoms with Crippen molar-refractivity contribution in [3.8, 4) is 0 Å². The molecule has 0 unspecified atom stereocenters. The lowest BCUT2D eigenvalue weighted by atomic mass is 10.7. The van der Waals surface area contributed by atoms with Crippen LogP contribution < -0.4 is 0 Å². The van der Waals surface area contributed by atoms with Crippen LogP contribution >= 0.6 is 0 Å². The summed E-state index contributed by atoms with van der Waals surface area (Å²) >= 11 is -1.78. The van der Waals surface area contributed by atoms with Gasteiger partial charge in [-0.2, -0.15) is 4.21 Å². The van der Waals surface area contributed by atoms with Gasteiger partial charge in [0.25, 0.3) is 0 Å². The highest BCUT2D eigenvalue weighted by molar-refractivity contribution is 7.75. The average molecular weight is 162 g/mol. The van der Waals surface area contributed by atoms with Gasteiger partial charge in [0, 0.05) is 0 Å². The third-order valence-corrected chi connectivity index (χ3v) is 1.26. The Balaban J connectivity index is 3.65. The van der Waals surface area contributed by atoms with Crippen molar-refractivity contribution in [2.75, 3.05) is 0 Å². The summed E-state index contributed by atoms with van der Waals surface area (Å²) < 4.78 is 19.7. The van der Waals surface area contributed by atoms with Crippen LogP contribution in [0.1, 0.15) is 13.8 Å². The first-order valence-electron chi connectivity index (χ1n) is 2.62. The molecule has 0 atom stereocenters. The van der Waals surface area contributed by atoms with Crippen LogP contribution in [0.15, 0.2) is 24.7 Å². The molecular formula is C6H10O3S. The highest BCUT2D eigenvalue weighted by Crippen LogP contribution is 2.01. The van der Waals surface area contributed by atoms with E-state index in [1.54, 1.807) is 13.8 Å². The quantitative estimate of drug-likeness (QED) is 0.590. The Hall–Kier alpha value is -0.770. The van der Waals surface area contributed by atoms with Crippen molar-refractivity contribution < 1.29 is 12.6 Å². The summed E-state index contributed by atoms with van der Waals surface area (Å²) in [5.41, 5.74) is 0. The van der Waals surface area contributed by atoms with Crippen LogP contribution in [0, 0.1) is 0 Å². The zero-order valence-electron chi connectivity index (χ0n) is 6.05. The Morgan fingerprint density at radius 2 is 1.50 bits per heavy atom. The topological polar surface area (TPSA) is 35.5 Å². The van der Waals surface area contributed by atoms with E-state index in [0.29, 0.717) is 11.5 Å². The Kier molecular flexibility index (Phi) is 3.79. The molecule has 0 aliphatic heterocycles. The normalized spacial score (nSPS) is 9.10. The summed E-state index contributed by atoms with van der Waals surface area (Å²) in [6.45, 7) is 9.92. The van der Waals surface area contributed by atoms with E-state index in [2.05, 4.69) is 21.5 Å². The summed E-state index contributed by atoms with van der Waals surface area (Å²) in [5, 5.41) is 0. The lowest BCUT2D eigenvalue weighted by Crippen LogP contribution is -1.97. The second-order valence-electron chi connectivity index (χ2n) is 1.77. The number of rotatable bonds is 4. The third-order valence-electron chi connectivity index (χ3n) is 0.421. The van der Waals surface area contributed by atoms with E-state index in [1.807, 2.05) is 0 Å². The van der Waals surface area contributed by atoms with Crippen LogP contribution in [-0.4, -0.2) is 4.21 Å². The second-order valence-corrected chi connectivity index (χ2v) is 2.52. The number of hydrogen-bond donors (Lipinski definition) is 0. The molecule has 58 valence electrons. The average Bonchev–Trinajstić information content (AvgIpc) is 1.58. The molecule has 0 bridgehead atoms. The van der Waals surface area contributed by atoms with E-state index < -0.39 is 11.4 Å². The van der Waals surface area contributed by atoms with Gasteiger partial charge in [-0.3, -0.25) is 0 Å². The van der Waals surface area contributed by atoms with Gasteiger partial charge in [0.05, 0.1) is 0 Å². The predicted octanol–water partition coefficient (Wildman–Crippen LogP) is 1.67. The minimum atomic E-state index is -1.78. The lowest BCUT2D eigenvalue weighted by molar-refractivity contribution is 0.351. The van der Waals surface area contributed by atoms with Crippen molar-refractivity contribution >= 4 is 11.4 Å².